The Hall–Kier alpha value is -3.40. The van der Waals surface area contributed by atoms with Crippen LogP contribution in [0.2, 0.25) is 0 Å². The molecule has 0 spiro atoms. The SMILES string of the molecule is Cc1ccc(NC(=O)ON=C(c2ccccc2)c2ccccc2)cc1. The van der Waals surface area contributed by atoms with Crippen LogP contribution in [0.15, 0.2) is 90.1 Å². The molecule has 0 aromatic heterocycles. The molecule has 0 bridgehead atoms. The van der Waals surface area contributed by atoms with E-state index < -0.39 is 6.09 Å². The topological polar surface area (TPSA) is 50.7 Å². The number of hydrogen-bond acceptors (Lipinski definition) is 3. The van der Waals surface area contributed by atoms with Gasteiger partial charge in [0.25, 0.3) is 0 Å². The predicted molar refractivity (Wildman–Crippen MR) is 99.8 cm³/mol. The van der Waals surface area contributed by atoms with Crippen LogP contribution in [0.25, 0.3) is 0 Å². The van der Waals surface area contributed by atoms with E-state index in [0.29, 0.717) is 11.4 Å². The van der Waals surface area contributed by atoms with E-state index in [1.807, 2.05) is 91.9 Å². The van der Waals surface area contributed by atoms with Crippen molar-refractivity contribution in [3.05, 3.63) is 102 Å². The van der Waals surface area contributed by atoms with Gasteiger partial charge < -0.3 is 0 Å². The molecule has 0 aliphatic heterocycles. The van der Waals surface area contributed by atoms with E-state index in [2.05, 4.69) is 10.5 Å². The molecule has 25 heavy (non-hydrogen) atoms. The Kier molecular flexibility index (Phi) is 5.22. The molecular weight excluding hydrogens is 312 g/mol. The van der Waals surface area contributed by atoms with Gasteiger partial charge in [0.15, 0.2) is 0 Å². The number of hydrogen-bond donors (Lipinski definition) is 1. The van der Waals surface area contributed by atoms with Gasteiger partial charge in [0.05, 0.1) is 0 Å². The molecule has 3 aromatic carbocycles. The molecule has 4 nitrogen and oxygen atoms in total. The molecule has 0 atom stereocenters. The molecule has 0 aliphatic carbocycles. The van der Waals surface area contributed by atoms with Crippen molar-refractivity contribution in [2.24, 2.45) is 5.16 Å². The fourth-order valence-electron chi connectivity index (χ4n) is 2.33. The Morgan fingerprint density at radius 3 is 1.84 bits per heavy atom. The average molecular weight is 330 g/mol. The molecule has 1 amide bonds. The fraction of sp³-hybridized carbons (Fsp3) is 0.0476. The van der Waals surface area contributed by atoms with E-state index in [0.717, 1.165) is 16.7 Å². The van der Waals surface area contributed by atoms with Gasteiger partial charge in [-0.3, -0.25) is 10.2 Å². The maximum Gasteiger partial charge on any atom is 0.437 e. The van der Waals surface area contributed by atoms with Crippen LogP contribution < -0.4 is 5.32 Å². The summed E-state index contributed by atoms with van der Waals surface area (Å²) in [7, 11) is 0. The first-order chi connectivity index (χ1) is 12.2. The quantitative estimate of drug-likeness (QED) is 0.416. The number of amides is 1. The van der Waals surface area contributed by atoms with Crippen LogP contribution in [0.4, 0.5) is 10.5 Å². The summed E-state index contributed by atoms with van der Waals surface area (Å²) >= 11 is 0. The Morgan fingerprint density at radius 2 is 1.32 bits per heavy atom. The van der Waals surface area contributed by atoms with Crippen molar-refractivity contribution in [3.63, 3.8) is 0 Å². The summed E-state index contributed by atoms with van der Waals surface area (Å²) in [5.41, 5.74) is 4.12. The van der Waals surface area contributed by atoms with Crippen LogP contribution in [0.3, 0.4) is 0 Å². The summed E-state index contributed by atoms with van der Waals surface area (Å²) in [5.74, 6) is 0. The Labute approximate surface area is 146 Å². The maximum atomic E-state index is 12.0. The zero-order valence-electron chi connectivity index (χ0n) is 13.8. The fourth-order valence-corrected chi connectivity index (χ4v) is 2.33. The van der Waals surface area contributed by atoms with Crippen LogP contribution in [0.1, 0.15) is 16.7 Å². The highest BCUT2D eigenvalue weighted by Crippen LogP contribution is 2.12. The molecule has 1 N–H and O–H groups in total. The Bertz CT molecular complexity index is 816. The Balaban J connectivity index is 1.79. The minimum absolute atomic E-state index is 0.597. The lowest BCUT2D eigenvalue weighted by Gasteiger charge is -2.07. The number of carbonyl (C=O) groups excluding carboxylic acids is 1. The largest absolute Gasteiger partial charge is 0.437 e. The molecule has 0 fully saturated rings. The second kappa shape index (κ2) is 7.93. The molecule has 0 radical (unpaired) electrons. The third-order valence-corrected chi connectivity index (χ3v) is 3.61. The van der Waals surface area contributed by atoms with Crippen molar-refractivity contribution in [2.75, 3.05) is 5.32 Å². The summed E-state index contributed by atoms with van der Waals surface area (Å²) < 4.78 is 0. The van der Waals surface area contributed by atoms with Crippen molar-refractivity contribution in [2.45, 2.75) is 6.92 Å². The minimum atomic E-state index is -0.631. The van der Waals surface area contributed by atoms with Gasteiger partial charge in [0.1, 0.15) is 5.71 Å². The van der Waals surface area contributed by atoms with Gasteiger partial charge in [0.2, 0.25) is 0 Å². The summed E-state index contributed by atoms with van der Waals surface area (Å²) in [4.78, 5) is 17.1. The normalized spacial score (nSPS) is 9.96. The van der Waals surface area contributed by atoms with Gasteiger partial charge in [-0.2, -0.15) is 0 Å². The van der Waals surface area contributed by atoms with Crippen LogP contribution in [0.5, 0.6) is 0 Å². The zero-order valence-corrected chi connectivity index (χ0v) is 13.8. The molecule has 4 heteroatoms. The lowest BCUT2D eigenvalue weighted by Crippen LogP contribution is -2.13. The van der Waals surface area contributed by atoms with Gasteiger partial charge >= 0.3 is 6.09 Å². The summed E-state index contributed by atoms with van der Waals surface area (Å²) in [6.45, 7) is 1.98. The first kappa shape index (κ1) is 16.5. The molecule has 3 rings (SSSR count). The molecule has 0 heterocycles. The van der Waals surface area contributed by atoms with Crippen molar-refractivity contribution in [1.29, 1.82) is 0 Å². The minimum Gasteiger partial charge on any atom is -0.297 e. The van der Waals surface area contributed by atoms with Gasteiger partial charge in [-0.1, -0.05) is 83.5 Å². The summed E-state index contributed by atoms with van der Waals surface area (Å²) in [5, 5.41) is 6.74. The van der Waals surface area contributed by atoms with E-state index in [1.165, 1.54) is 0 Å². The first-order valence-corrected chi connectivity index (χ1v) is 7.96. The summed E-state index contributed by atoms with van der Waals surface area (Å²) in [6.07, 6.45) is -0.631. The number of nitrogens with zero attached hydrogens (tertiary/aromatic N) is 1. The average Bonchev–Trinajstić information content (AvgIpc) is 2.66. The number of oxime groups is 1. The van der Waals surface area contributed by atoms with Gasteiger partial charge in [0, 0.05) is 16.8 Å². The van der Waals surface area contributed by atoms with Gasteiger partial charge in [-0.15, -0.1) is 0 Å². The van der Waals surface area contributed by atoms with E-state index in [1.54, 1.807) is 0 Å². The number of benzene rings is 3. The Morgan fingerprint density at radius 1 is 0.800 bits per heavy atom. The third-order valence-electron chi connectivity index (χ3n) is 3.61. The van der Waals surface area contributed by atoms with Crippen molar-refractivity contribution >= 4 is 17.5 Å². The maximum absolute atomic E-state index is 12.0. The molecule has 0 saturated heterocycles. The predicted octanol–water partition coefficient (Wildman–Crippen LogP) is 5.00. The van der Waals surface area contributed by atoms with Crippen LogP contribution in [0, 0.1) is 6.92 Å². The second-order valence-electron chi connectivity index (χ2n) is 5.54. The molecule has 0 unspecified atom stereocenters. The van der Waals surface area contributed by atoms with Gasteiger partial charge in [-0.05, 0) is 19.1 Å². The van der Waals surface area contributed by atoms with E-state index in [-0.39, 0.29) is 0 Å². The number of anilines is 1. The lowest BCUT2D eigenvalue weighted by atomic mass is 10.0. The van der Waals surface area contributed by atoms with Crippen LogP contribution in [-0.4, -0.2) is 11.8 Å². The number of aryl methyl sites for hydroxylation is 1. The van der Waals surface area contributed by atoms with Crippen molar-refractivity contribution in [3.8, 4) is 0 Å². The van der Waals surface area contributed by atoms with Crippen molar-refractivity contribution < 1.29 is 9.63 Å². The highest BCUT2D eigenvalue weighted by atomic mass is 16.7. The molecule has 0 saturated carbocycles. The molecular formula is C21H18N2O2. The highest BCUT2D eigenvalue weighted by Gasteiger charge is 2.09. The second-order valence-corrected chi connectivity index (χ2v) is 5.54. The van der Waals surface area contributed by atoms with E-state index in [4.69, 9.17) is 4.84 Å². The standard InChI is InChI=1S/C21H18N2O2/c1-16-12-14-19(15-13-16)22-21(24)25-23-20(17-8-4-2-5-9-17)18-10-6-3-7-11-18/h2-15H,1H3,(H,22,24). The highest BCUT2D eigenvalue weighted by molar-refractivity contribution is 6.12. The van der Waals surface area contributed by atoms with E-state index in [9.17, 15) is 4.79 Å². The van der Waals surface area contributed by atoms with Crippen molar-refractivity contribution in [1.82, 2.24) is 0 Å². The summed E-state index contributed by atoms with van der Waals surface area (Å²) in [6, 6.07) is 26.7. The number of nitrogens with one attached hydrogen (secondary N) is 1. The number of rotatable bonds is 4. The molecule has 3 aromatic rings. The molecule has 0 aliphatic rings. The number of carbonyl (C=O) groups is 1. The lowest BCUT2D eigenvalue weighted by molar-refractivity contribution is 0.166. The van der Waals surface area contributed by atoms with Crippen LogP contribution in [-0.2, 0) is 4.84 Å². The van der Waals surface area contributed by atoms with Crippen LogP contribution >= 0.6 is 0 Å². The zero-order chi connectivity index (χ0) is 17.5. The third kappa shape index (κ3) is 4.54. The molecule has 124 valence electrons. The first-order valence-electron chi connectivity index (χ1n) is 7.96. The monoisotopic (exact) mass is 330 g/mol. The van der Waals surface area contributed by atoms with Gasteiger partial charge in [-0.25, -0.2) is 4.79 Å². The van der Waals surface area contributed by atoms with E-state index >= 15 is 0 Å². The smallest absolute Gasteiger partial charge is 0.297 e.